The molecule has 0 amide bonds. The Labute approximate surface area is 98.9 Å². The average molecular weight is 222 g/mol. The Morgan fingerprint density at radius 1 is 1.29 bits per heavy atom. The number of nitrogens with zero attached hydrogens (tertiary/aromatic N) is 4. The highest BCUT2D eigenvalue weighted by Crippen LogP contribution is 2.13. The number of aromatic nitrogens is 1. The first-order valence-corrected chi connectivity index (χ1v) is 5.23. The Morgan fingerprint density at radius 2 is 2.24 bits per heavy atom. The van der Waals surface area contributed by atoms with E-state index in [2.05, 4.69) is 26.9 Å². The van der Waals surface area contributed by atoms with Gasteiger partial charge >= 0.3 is 0 Å². The lowest BCUT2D eigenvalue weighted by Crippen LogP contribution is -1.79. The zero-order valence-corrected chi connectivity index (χ0v) is 9.17. The molecular formula is C13H10N4. The van der Waals surface area contributed by atoms with Crippen LogP contribution in [0.4, 0.5) is 0 Å². The first kappa shape index (κ1) is 11.0. The highest BCUT2D eigenvalue weighted by Gasteiger charge is 1.92. The molecule has 1 heterocycles. The van der Waals surface area contributed by atoms with Gasteiger partial charge in [-0.1, -0.05) is 23.0 Å². The van der Waals surface area contributed by atoms with Crippen molar-refractivity contribution in [1.82, 2.24) is 4.98 Å². The molecule has 0 radical (unpaired) electrons. The standard InChI is InChI=1S/C13H10N4/c14-17-16-7-2-1-3-11-4-5-13-10-15-8-6-12(13)9-11/h4-6,8-10H,2,7H2. The maximum absolute atomic E-state index is 8.11. The molecule has 2 rings (SSSR count). The summed E-state index contributed by atoms with van der Waals surface area (Å²) in [7, 11) is 0. The van der Waals surface area contributed by atoms with Crippen molar-refractivity contribution >= 4 is 10.8 Å². The van der Waals surface area contributed by atoms with Crippen LogP contribution in [0.1, 0.15) is 12.0 Å². The van der Waals surface area contributed by atoms with Crippen LogP contribution in [-0.4, -0.2) is 11.5 Å². The molecule has 0 fully saturated rings. The van der Waals surface area contributed by atoms with Crippen LogP contribution >= 0.6 is 0 Å². The Bertz CT molecular complexity index is 630. The minimum Gasteiger partial charge on any atom is -0.264 e. The lowest BCUT2D eigenvalue weighted by Gasteiger charge is -1.96. The molecule has 0 N–H and O–H groups in total. The van der Waals surface area contributed by atoms with Gasteiger partial charge in [-0.15, -0.1) is 0 Å². The maximum Gasteiger partial charge on any atom is 0.0367 e. The fourth-order valence-corrected chi connectivity index (χ4v) is 1.48. The van der Waals surface area contributed by atoms with E-state index < -0.39 is 0 Å². The van der Waals surface area contributed by atoms with E-state index in [-0.39, 0.29) is 0 Å². The Morgan fingerprint density at radius 3 is 3.12 bits per heavy atom. The van der Waals surface area contributed by atoms with Crippen molar-refractivity contribution < 1.29 is 0 Å². The normalized spacial score (nSPS) is 9.18. The van der Waals surface area contributed by atoms with Gasteiger partial charge < -0.3 is 0 Å². The summed E-state index contributed by atoms with van der Waals surface area (Å²) in [5.74, 6) is 6.01. The first-order valence-electron chi connectivity index (χ1n) is 5.23. The highest BCUT2D eigenvalue weighted by atomic mass is 15.1. The molecule has 4 nitrogen and oxygen atoms in total. The molecule has 0 saturated heterocycles. The van der Waals surface area contributed by atoms with Gasteiger partial charge in [-0.05, 0) is 29.1 Å². The summed E-state index contributed by atoms with van der Waals surface area (Å²) >= 11 is 0. The lowest BCUT2D eigenvalue weighted by molar-refractivity contribution is 1.01. The van der Waals surface area contributed by atoms with Crippen molar-refractivity contribution in [1.29, 1.82) is 0 Å². The third kappa shape index (κ3) is 2.97. The van der Waals surface area contributed by atoms with E-state index in [0.29, 0.717) is 13.0 Å². The van der Waals surface area contributed by atoms with Gasteiger partial charge in [0.1, 0.15) is 0 Å². The number of hydrogen-bond donors (Lipinski definition) is 0. The number of pyridine rings is 1. The third-order valence-corrected chi connectivity index (χ3v) is 2.27. The fraction of sp³-hybridized carbons (Fsp3) is 0.154. The summed E-state index contributed by atoms with van der Waals surface area (Å²) in [6, 6.07) is 7.95. The van der Waals surface area contributed by atoms with E-state index in [4.69, 9.17) is 5.53 Å². The highest BCUT2D eigenvalue weighted by molar-refractivity contribution is 5.82. The van der Waals surface area contributed by atoms with E-state index in [1.54, 1.807) is 6.20 Å². The molecular weight excluding hydrogens is 212 g/mol. The summed E-state index contributed by atoms with van der Waals surface area (Å²) in [5, 5.41) is 5.65. The molecule has 17 heavy (non-hydrogen) atoms. The van der Waals surface area contributed by atoms with E-state index in [9.17, 15) is 0 Å². The van der Waals surface area contributed by atoms with Gasteiger partial charge in [0.05, 0.1) is 0 Å². The molecule has 1 aromatic heterocycles. The second-order valence-electron chi connectivity index (χ2n) is 3.44. The fourth-order valence-electron chi connectivity index (χ4n) is 1.48. The first-order chi connectivity index (χ1) is 8.40. The molecule has 0 aliphatic heterocycles. The van der Waals surface area contributed by atoms with Gasteiger partial charge in [-0.2, -0.15) is 0 Å². The molecule has 0 bridgehead atoms. The van der Waals surface area contributed by atoms with Crippen LogP contribution in [0.5, 0.6) is 0 Å². The van der Waals surface area contributed by atoms with Gasteiger partial charge in [0.2, 0.25) is 0 Å². The predicted octanol–water partition coefficient (Wildman–Crippen LogP) is 3.29. The number of benzene rings is 1. The van der Waals surface area contributed by atoms with Crippen LogP contribution in [0, 0.1) is 11.8 Å². The van der Waals surface area contributed by atoms with E-state index in [1.165, 1.54) is 0 Å². The number of fused-ring (bicyclic) bond motifs is 1. The summed E-state index contributed by atoms with van der Waals surface area (Å²) in [5.41, 5.74) is 9.07. The average Bonchev–Trinajstić information content (AvgIpc) is 2.38. The van der Waals surface area contributed by atoms with E-state index in [1.807, 2.05) is 30.5 Å². The van der Waals surface area contributed by atoms with Crippen molar-refractivity contribution in [2.45, 2.75) is 6.42 Å². The van der Waals surface area contributed by atoms with Crippen molar-refractivity contribution in [2.24, 2.45) is 5.11 Å². The maximum atomic E-state index is 8.11. The second kappa shape index (κ2) is 5.55. The minimum absolute atomic E-state index is 0.418. The van der Waals surface area contributed by atoms with Gasteiger partial charge in [0.15, 0.2) is 0 Å². The number of hydrogen-bond acceptors (Lipinski definition) is 2. The molecule has 1 aromatic carbocycles. The molecule has 0 saturated carbocycles. The Hall–Kier alpha value is -2.50. The summed E-state index contributed by atoms with van der Waals surface area (Å²) < 4.78 is 0. The molecule has 0 atom stereocenters. The van der Waals surface area contributed by atoms with Gasteiger partial charge in [-0.3, -0.25) is 4.98 Å². The largest absolute Gasteiger partial charge is 0.264 e. The van der Waals surface area contributed by atoms with Crippen LogP contribution in [0.3, 0.4) is 0 Å². The van der Waals surface area contributed by atoms with Gasteiger partial charge in [0, 0.05) is 41.2 Å². The third-order valence-electron chi connectivity index (χ3n) is 2.27. The molecule has 0 aliphatic carbocycles. The molecule has 0 spiro atoms. The van der Waals surface area contributed by atoms with E-state index >= 15 is 0 Å². The van der Waals surface area contributed by atoms with Crippen LogP contribution in [0.25, 0.3) is 21.2 Å². The Balaban J connectivity index is 2.16. The van der Waals surface area contributed by atoms with E-state index in [0.717, 1.165) is 16.3 Å². The quantitative estimate of drug-likeness (QED) is 0.253. The van der Waals surface area contributed by atoms with Gasteiger partial charge in [0.25, 0.3) is 0 Å². The zero-order chi connectivity index (χ0) is 11.9. The van der Waals surface area contributed by atoms with Crippen LogP contribution in [0.2, 0.25) is 0 Å². The van der Waals surface area contributed by atoms with Crippen LogP contribution in [0.15, 0.2) is 41.8 Å². The summed E-state index contributed by atoms with van der Waals surface area (Å²) in [6.45, 7) is 0.418. The predicted molar refractivity (Wildman–Crippen MR) is 67.3 cm³/mol. The monoisotopic (exact) mass is 222 g/mol. The minimum atomic E-state index is 0.418. The number of rotatable bonds is 2. The molecule has 0 unspecified atom stereocenters. The second-order valence-corrected chi connectivity index (χ2v) is 3.44. The SMILES string of the molecule is [N-]=[N+]=NCCC#Cc1ccc2cnccc2c1. The van der Waals surface area contributed by atoms with Crippen molar-refractivity contribution in [3.8, 4) is 11.8 Å². The summed E-state index contributed by atoms with van der Waals surface area (Å²) in [6.07, 6.45) is 4.17. The molecule has 82 valence electrons. The topological polar surface area (TPSA) is 61.7 Å². The summed E-state index contributed by atoms with van der Waals surface area (Å²) in [4.78, 5) is 6.73. The van der Waals surface area contributed by atoms with Crippen molar-refractivity contribution in [3.05, 3.63) is 52.7 Å². The Kier molecular flexibility index (Phi) is 3.59. The van der Waals surface area contributed by atoms with Gasteiger partial charge in [-0.25, -0.2) is 0 Å². The smallest absolute Gasteiger partial charge is 0.0367 e. The lowest BCUT2D eigenvalue weighted by atomic mass is 10.1. The van der Waals surface area contributed by atoms with Crippen LogP contribution in [-0.2, 0) is 0 Å². The molecule has 0 aliphatic rings. The van der Waals surface area contributed by atoms with Crippen molar-refractivity contribution in [3.63, 3.8) is 0 Å². The van der Waals surface area contributed by atoms with Crippen LogP contribution < -0.4 is 0 Å². The molecule has 2 aromatic rings. The zero-order valence-electron chi connectivity index (χ0n) is 9.17. The number of azide groups is 1. The molecule has 4 heteroatoms. The van der Waals surface area contributed by atoms with Crippen molar-refractivity contribution in [2.75, 3.05) is 6.54 Å².